The lowest BCUT2D eigenvalue weighted by molar-refractivity contribution is 0.0700. The van der Waals surface area contributed by atoms with E-state index < -0.39 is 10.2 Å². The Balaban J connectivity index is 1.83. The minimum Gasteiger partial charge on any atom is -0.379 e. The molecule has 8 heteroatoms. The van der Waals surface area contributed by atoms with Crippen molar-refractivity contribution in [2.45, 2.75) is 18.4 Å². The van der Waals surface area contributed by atoms with E-state index in [1.54, 1.807) is 18.2 Å². The van der Waals surface area contributed by atoms with Crippen molar-refractivity contribution in [2.75, 3.05) is 38.2 Å². The Morgan fingerprint density at radius 3 is 2.61 bits per heavy atom. The minimum absolute atomic E-state index is 0.116. The molecule has 1 aromatic carbocycles. The summed E-state index contributed by atoms with van der Waals surface area (Å²) in [6.45, 7) is 1.90. The molecule has 0 amide bonds. The van der Waals surface area contributed by atoms with Gasteiger partial charge in [-0.2, -0.15) is 17.0 Å². The second kappa shape index (κ2) is 7.14. The van der Waals surface area contributed by atoms with Gasteiger partial charge >= 0.3 is 0 Å². The van der Waals surface area contributed by atoms with Crippen LogP contribution in [0.2, 0.25) is 0 Å². The van der Waals surface area contributed by atoms with Crippen LogP contribution in [0.25, 0.3) is 0 Å². The van der Waals surface area contributed by atoms with Gasteiger partial charge in [-0.25, -0.2) is 4.39 Å². The molecule has 0 aliphatic carbocycles. The number of hydrogen-bond acceptors (Lipinski definition) is 3. The number of hydrogen-bond donors (Lipinski definition) is 0. The predicted octanol–water partition coefficient (Wildman–Crippen LogP) is 1.96. The summed E-state index contributed by atoms with van der Waals surface area (Å²) in [5, 5.41) is 0.543. The Labute approximate surface area is 144 Å². The average Bonchev–Trinajstić information content (AvgIpc) is 3.01. The average molecular weight is 407 g/mol. The zero-order chi connectivity index (χ0) is 16.4. The molecule has 5 nitrogen and oxygen atoms in total. The number of morpholine rings is 1. The third kappa shape index (κ3) is 3.46. The molecular weight excluding hydrogens is 387 g/mol. The maximum atomic E-state index is 14.0. The van der Waals surface area contributed by atoms with Gasteiger partial charge in [-0.1, -0.05) is 34.1 Å². The minimum atomic E-state index is -3.54. The van der Waals surface area contributed by atoms with E-state index in [2.05, 4.69) is 15.9 Å². The summed E-state index contributed by atoms with van der Waals surface area (Å²) in [4.78, 5) is 0. The van der Waals surface area contributed by atoms with Crippen LogP contribution < -0.4 is 0 Å². The van der Waals surface area contributed by atoms with Crippen molar-refractivity contribution in [1.82, 2.24) is 8.61 Å². The maximum Gasteiger partial charge on any atom is 0.282 e. The molecule has 0 bridgehead atoms. The lowest BCUT2D eigenvalue weighted by Crippen LogP contribution is -2.50. The summed E-state index contributed by atoms with van der Waals surface area (Å²) >= 11 is 3.41. The largest absolute Gasteiger partial charge is 0.379 e. The van der Waals surface area contributed by atoms with E-state index in [1.807, 2.05) is 0 Å². The molecule has 2 heterocycles. The molecule has 2 fully saturated rings. The third-order valence-corrected chi connectivity index (χ3v) is 7.29. The smallest absolute Gasteiger partial charge is 0.282 e. The van der Waals surface area contributed by atoms with E-state index in [4.69, 9.17) is 4.74 Å². The molecule has 0 unspecified atom stereocenters. The highest BCUT2D eigenvalue weighted by Crippen LogP contribution is 2.36. The van der Waals surface area contributed by atoms with Gasteiger partial charge in [0.05, 0.1) is 13.2 Å². The predicted molar refractivity (Wildman–Crippen MR) is 89.4 cm³/mol. The van der Waals surface area contributed by atoms with Crippen molar-refractivity contribution in [1.29, 1.82) is 0 Å². The molecule has 128 valence electrons. The van der Waals surface area contributed by atoms with Crippen LogP contribution >= 0.6 is 15.9 Å². The van der Waals surface area contributed by atoms with Gasteiger partial charge < -0.3 is 4.74 Å². The van der Waals surface area contributed by atoms with Gasteiger partial charge in [0, 0.05) is 36.9 Å². The summed E-state index contributed by atoms with van der Waals surface area (Å²) in [5.74, 6) is -0.383. The quantitative estimate of drug-likeness (QED) is 0.718. The van der Waals surface area contributed by atoms with Gasteiger partial charge in [-0.3, -0.25) is 0 Å². The van der Waals surface area contributed by atoms with Gasteiger partial charge in [-0.15, -0.1) is 0 Å². The Kier molecular flexibility index (Phi) is 5.37. The van der Waals surface area contributed by atoms with Crippen LogP contribution in [0, 0.1) is 5.82 Å². The molecular formula is C15H20BrFN2O3S. The maximum absolute atomic E-state index is 14.0. The zero-order valence-corrected chi connectivity index (χ0v) is 15.1. The van der Waals surface area contributed by atoms with Crippen molar-refractivity contribution >= 4 is 26.1 Å². The van der Waals surface area contributed by atoms with Crippen LogP contribution in [0.5, 0.6) is 0 Å². The van der Waals surface area contributed by atoms with Crippen LogP contribution in [0.15, 0.2) is 24.3 Å². The Morgan fingerprint density at radius 2 is 1.96 bits per heavy atom. The fourth-order valence-electron chi connectivity index (χ4n) is 3.27. The first-order valence-electron chi connectivity index (χ1n) is 7.69. The van der Waals surface area contributed by atoms with E-state index in [0.29, 0.717) is 50.2 Å². The van der Waals surface area contributed by atoms with Crippen molar-refractivity contribution in [3.8, 4) is 0 Å². The molecule has 2 aliphatic heterocycles. The number of nitrogens with zero attached hydrogens (tertiary/aromatic N) is 2. The highest BCUT2D eigenvalue weighted by molar-refractivity contribution is 9.09. The van der Waals surface area contributed by atoms with Gasteiger partial charge in [0.2, 0.25) is 0 Å². The van der Waals surface area contributed by atoms with Gasteiger partial charge in [0.1, 0.15) is 5.82 Å². The molecule has 23 heavy (non-hydrogen) atoms. The highest BCUT2D eigenvalue weighted by Gasteiger charge is 2.43. The first kappa shape index (κ1) is 17.3. The summed E-state index contributed by atoms with van der Waals surface area (Å²) in [7, 11) is -3.54. The Bertz CT molecular complexity index is 652. The van der Waals surface area contributed by atoms with E-state index in [-0.39, 0.29) is 17.8 Å². The molecule has 0 aromatic heterocycles. The molecule has 0 N–H and O–H groups in total. The standard InChI is InChI=1S/C15H20BrFN2O3S/c16-10-13-9-12(14-3-1-2-4-15(14)17)11-19(13)23(20,21)18-5-7-22-8-6-18/h1-4,12-13H,5-11H2/t12-,13-/m1/s1. The second-order valence-electron chi connectivity index (χ2n) is 5.85. The topological polar surface area (TPSA) is 49.9 Å². The first-order valence-corrected chi connectivity index (χ1v) is 10.2. The first-order chi connectivity index (χ1) is 11.0. The molecule has 3 rings (SSSR count). The van der Waals surface area contributed by atoms with Gasteiger partial charge in [0.15, 0.2) is 0 Å². The van der Waals surface area contributed by atoms with Crippen molar-refractivity contribution in [2.24, 2.45) is 0 Å². The number of halogens is 2. The fourth-order valence-corrected chi connectivity index (χ4v) is 5.88. The van der Waals surface area contributed by atoms with Crippen LogP contribution in [0.3, 0.4) is 0 Å². The summed E-state index contributed by atoms with van der Waals surface area (Å²) < 4.78 is 48.1. The SMILES string of the molecule is O=S(=O)(N1CCOCC1)N1C[C@H](c2ccccc2F)C[C@@H]1CBr. The Hall–Kier alpha value is -0.540. The van der Waals surface area contributed by atoms with E-state index >= 15 is 0 Å². The molecule has 2 aliphatic rings. The van der Waals surface area contributed by atoms with E-state index in [0.717, 1.165) is 0 Å². The monoisotopic (exact) mass is 406 g/mol. The third-order valence-electron chi connectivity index (χ3n) is 4.48. The van der Waals surface area contributed by atoms with Crippen molar-refractivity contribution < 1.29 is 17.5 Å². The van der Waals surface area contributed by atoms with Crippen LogP contribution in [-0.2, 0) is 14.9 Å². The normalized spacial score (nSPS) is 27.4. The van der Waals surface area contributed by atoms with Gasteiger partial charge in [-0.05, 0) is 18.1 Å². The lowest BCUT2D eigenvalue weighted by Gasteiger charge is -2.32. The molecule has 2 saturated heterocycles. The van der Waals surface area contributed by atoms with E-state index in [9.17, 15) is 12.8 Å². The van der Waals surface area contributed by atoms with Crippen molar-refractivity contribution in [3.05, 3.63) is 35.6 Å². The van der Waals surface area contributed by atoms with Crippen LogP contribution in [0.1, 0.15) is 17.9 Å². The number of ether oxygens (including phenoxy) is 1. The number of rotatable bonds is 4. The molecule has 2 atom stereocenters. The van der Waals surface area contributed by atoms with Crippen LogP contribution in [-0.4, -0.2) is 61.2 Å². The Morgan fingerprint density at radius 1 is 1.26 bits per heavy atom. The zero-order valence-electron chi connectivity index (χ0n) is 12.7. The van der Waals surface area contributed by atoms with E-state index in [1.165, 1.54) is 14.7 Å². The summed E-state index contributed by atoms with van der Waals surface area (Å²) in [6.07, 6.45) is 0.621. The highest BCUT2D eigenvalue weighted by atomic mass is 79.9. The molecule has 0 saturated carbocycles. The van der Waals surface area contributed by atoms with Crippen molar-refractivity contribution in [3.63, 3.8) is 0 Å². The summed E-state index contributed by atoms with van der Waals surface area (Å²) in [6, 6.07) is 6.46. The fraction of sp³-hybridized carbons (Fsp3) is 0.600. The molecule has 0 radical (unpaired) electrons. The number of benzene rings is 1. The molecule has 1 aromatic rings. The summed E-state index contributed by atoms with van der Waals surface area (Å²) in [5.41, 5.74) is 0.595. The molecule has 0 spiro atoms. The lowest BCUT2D eigenvalue weighted by atomic mass is 9.96. The number of alkyl halides is 1. The second-order valence-corrected chi connectivity index (χ2v) is 8.38. The van der Waals surface area contributed by atoms with Crippen LogP contribution in [0.4, 0.5) is 4.39 Å². The van der Waals surface area contributed by atoms with Gasteiger partial charge in [0.25, 0.3) is 10.2 Å².